The van der Waals surface area contributed by atoms with Gasteiger partial charge in [0.2, 0.25) is 5.91 Å². The molecule has 1 amide bonds. The fraction of sp³-hybridized carbons (Fsp3) is 0.815. The van der Waals surface area contributed by atoms with Gasteiger partial charge in [0.05, 0.1) is 24.0 Å². The predicted octanol–water partition coefficient (Wildman–Crippen LogP) is -0.849. The van der Waals surface area contributed by atoms with Crippen LogP contribution in [0.2, 0.25) is 0 Å². The maximum Gasteiger partial charge on any atom is 0.311 e. The smallest absolute Gasteiger partial charge is 0.311 e. The molecule has 14 heteroatoms. The van der Waals surface area contributed by atoms with Gasteiger partial charge in [-0.15, -0.1) is 6.58 Å². The standard InChI is InChI=1S/C27H45NO13/c1-9-10-36-22-16(28-13(2)30)21(40-23-19(33)18(32)17(31)14(11-29)38-23)20(41-25(35)27(6,7)8)15(39-22)12-37-24(34)26(3,4)5/h9,14-23,29,31-33H,1,10-12H2,2-8H3,(H,28,30)/t14-,15-,16-,17+,18+,19-,20+,21-,22+,23+/m1/s1. The van der Waals surface area contributed by atoms with Gasteiger partial charge < -0.3 is 54.2 Å². The first-order chi connectivity index (χ1) is 18.9. The molecule has 2 aliphatic rings. The van der Waals surface area contributed by atoms with Crippen LogP contribution in [0.15, 0.2) is 12.7 Å². The summed E-state index contributed by atoms with van der Waals surface area (Å²) in [6, 6.07) is -1.19. The molecule has 2 rings (SSSR count). The van der Waals surface area contributed by atoms with Crippen LogP contribution in [0.4, 0.5) is 0 Å². The zero-order valence-corrected chi connectivity index (χ0v) is 24.6. The minimum absolute atomic E-state index is 0.0333. The number of carbonyl (C=O) groups excluding carboxylic acids is 3. The Labute approximate surface area is 239 Å². The number of hydrogen-bond donors (Lipinski definition) is 5. The third-order valence-electron chi connectivity index (χ3n) is 6.38. The van der Waals surface area contributed by atoms with Gasteiger partial charge in [-0.05, 0) is 41.5 Å². The highest BCUT2D eigenvalue weighted by Crippen LogP contribution is 2.33. The van der Waals surface area contributed by atoms with Crippen LogP contribution in [-0.4, -0.2) is 119 Å². The number of ether oxygens (including phenoxy) is 6. The number of rotatable bonds is 10. The van der Waals surface area contributed by atoms with Crippen molar-refractivity contribution in [1.82, 2.24) is 5.32 Å². The van der Waals surface area contributed by atoms with Crippen LogP contribution < -0.4 is 5.32 Å². The molecule has 0 aliphatic carbocycles. The molecule has 2 heterocycles. The molecule has 0 aromatic carbocycles. The molecule has 0 spiro atoms. The number of hydrogen-bond acceptors (Lipinski definition) is 13. The van der Waals surface area contributed by atoms with Crippen molar-refractivity contribution < 1.29 is 63.2 Å². The molecule has 41 heavy (non-hydrogen) atoms. The Kier molecular flexibility index (Phi) is 12.2. The lowest BCUT2D eigenvalue weighted by atomic mass is 9.93. The normalized spacial score (nSPS) is 34.4. The van der Waals surface area contributed by atoms with E-state index in [1.54, 1.807) is 41.5 Å². The van der Waals surface area contributed by atoms with Crippen LogP contribution in [0.3, 0.4) is 0 Å². The summed E-state index contributed by atoms with van der Waals surface area (Å²) in [5.74, 6) is -1.79. The molecule has 0 saturated carbocycles. The van der Waals surface area contributed by atoms with Gasteiger partial charge in [0.15, 0.2) is 18.7 Å². The van der Waals surface area contributed by atoms with Crippen molar-refractivity contribution in [2.24, 2.45) is 10.8 Å². The van der Waals surface area contributed by atoms with Crippen molar-refractivity contribution in [3.8, 4) is 0 Å². The predicted molar refractivity (Wildman–Crippen MR) is 141 cm³/mol. The van der Waals surface area contributed by atoms with Gasteiger partial charge >= 0.3 is 11.9 Å². The van der Waals surface area contributed by atoms with E-state index >= 15 is 0 Å². The van der Waals surface area contributed by atoms with Gasteiger partial charge in [-0.1, -0.05) is 6.08 Å². The Bertz CT molecular complexity index is 912. The molecule has 0 aromatic heterocycles. The summed E-state index contributed by atoms with van der Waals surface area (Å²) in [5.41, 5.74) is -1.87. The Morgan fingerprint density at radius 1 is 0.878 bits per heavy atom. The second-order valence-electron chi connectivity index (χ2n) is 12.2. The lowest BCUT2D eigenvalue weighted by molar-refractivity contribution is -0.345. The van der Waals surface area contributed by atoms with E-state index in [2.05, 4.69) is 11.9 Å². The van der Waals surface area contributed by atoms with E-state index in [0.717, 1.165) is 0 Å². The third-order valence-corrected chi connectivity index (χ3v) is 6.38. The van der Waals surface area contributed by atoms with Crippen LogP contribution in [0.5, 0.6) is 0 Å². The van der Waals surface area contributed by atoms with E-state index < -0.39 is 103 Å². The monoisotopic (exact) mass is 591 g/mol. The van der Waals surface area contributed by atoms with Crippen LogP contribution in [0.25, 0.3) is 0 Å². The first-order valence-corrected chi connectivity index (χ1v) is 13.4. The number of esters is 2. The average molecular weight is 592 g/mol. The van der Waals surface area contributed by atoms with E-state index in [1.807, 2.05) is 0 Å². The zero-order valence-electron chi connectivity index (χ0n) is 24.6. The Balaban J connectivity index is 2.58. The molecule has 2 saturated heterocycles. The number of aliphatic hydroxyl groups excluding tert-OH is 4. The van der Waals surface area contributed by atoms with E-state index in [1.165, 1.54) is 13.0 Å². The number of nitrogens with one attached hydrogen (secondary N) is 1. The van der Waals surface area contributed by atoms with Crippen molar-refractivity contribution in [3.63, 3.8) is 0 Å². The topological polar surface area (TPSA) is 200 Å². The van der Waals surface area contributed by atoms with E-state index in [-0.39, 0.29) is 6.61 Å². The summed E-state index contributed by atoms with van der Waals surface area (Å²) in [6.45, 7) is 13.5. The van der Waals surface area contributed by atoms with Crippen molar-refractivity contribution in [2.75, 3.05) is 19.8 Å². The molecular weight excluding hydrogens is 546 g/mol. The van der Waals surface area contributed by atoms with Gasteiger partial charge in [0.1, 0.15) is 49.3 Å². The van der Waals surface area contributed by atoms with E-state index in [4.69, 9.17) is 28.4 Å². The highest BCUT2D eigenvalue weighted by atomic mass is 16.7. The van der Waals surface area contributed by atoms with Crippen molar-refractivity contribution in [1.29, 1.82) is 0 Å². The maximum absolute atomic E-state index is 13.1. The van der Waals surface area contributed by atoms with E-state index in [9.17, 15) is 34.8 Å². The SMILES string of the molecule is C=CCO[C@H]1O[C@H](COC(=O)C(C)(C)C)[C@H](OC(=O)C(C)(C)C)[C@H](O[C@@H]2O[C@H](CO)[C@H](O)[C@H](O)[C@H]2O)[C@H]1NC(C)=O. The molecule has 10 atom stereocenters. The summed E-state index contributed by atoms with van der Waals surface area (Å²) in [7, 11) is 0. The lowest BCUT2D eigenvalue weighted by Crippen LogP contribution is -2.69. The van der Waals surface area contributed by atoms with Crippen LogP contribution in [0.1, 0.15) is 48.5 Å². The van der Waals surface area contributed by atoms with Gasteiger partial charge in [0.25, 0.3) is 0 Å². The van der Waals surface area contributed by atoms with E-state index in [0.29, 0.717) is 0 Å². The van der Waals surface area contributed by atoms with Crippen molar-refractivity contribution >= 4 is 17.8 Å². The second-order valence-corrected chi connectivity index (χ2v) is 12.2. The summed E-state index contributed by atoms with van der Waals surface area (Å²) in [5, 5.41) is 43.5. The third kappa shape index (κ3) is 9.16. The fourth-order valence-corrected chi connectivity index (χ4v) is 4.04. The highest BCUT2D eigenvalue weighted by molar-refractivity contribution is 5.76. The molecule has 0 aromatic rings. The van der Waals surface area contributed by atoms with Crippen LogP contribution in [0, 0.1) is 10.8 Å². The minimum Gasteiger partial charge on any atom is -0.462 e. The van der Waals surface area contributed by atoms with Gasteiger partial charge in [-0.3, -0.25) is 14.4 Å². The van der Waals surface area contributed by atoms with Gasteiger partial charge in [0, 0.05) is 6.92 Å². The molecular formula is C27H45NO13. The molecule has 0 unspecified atom stereocenters. The minimum atomic E-state index is -1.81. The molecule has 2 aliphatic heterocycles. The first kappa shape index (κ1) is 35.0. The summed E-state index contributed by atoms with van der Waals surface area (Å²) in [6.07, 6.45) is -12.0. The molecule has 5 N–H and O–H groups in total. The van der Waals surface area contributed by atoms with Gasteiger partial charge in [-0.25, -0.2) is 0 Å². The molecule has 14 nitrogen and oxygen atoms in total. The Morgan fingerprint density at radius 3 is 1.98 bits per heavy atom. The summed E-state index contributed by atoms with van der Waals surface area (Å²) >= 11 is 0. The largest absolute Gasteiger partial charge is 0.462 e. The van der Waals surface area contributed by atoms with Crippen LogP contribution in [-0.2, 0) is 42.8 Å². The fourth-order valence-electron chi connectivity index (χ4n) is 4.04. The average Bonchev–Trinajstić information content (AvgIpc) is 2.87. The Morgan fingerprint density at radius 2 is 1.46 bits per heavy atom. The highest BCUT2D eigenvalue weighted by Gasteiger charge is 2.54. The number of amides is 1. The quantitative estimate of drug-likeness (QED) is 0.156. The summed E-state index contributed by atoms with van der Waals surface area (Å²) in [4.78, 5) is 37.9. The number of carbonyl (C=O) groups is 3. The maximum atomic E-state index is 13.1. The lowest BCUT2D eigenvalue weighted by Gasteiger charge is -2.48. The molecule has 0 radical (unpaired) electrons. The second kappa shape index (κ2) is 14.3. The van der Waals surface area contributed by atoms with Gasteiger partial charge in [-0.2, -0.15) is 0 Å². The molecule has 0 bridgehead atoms. The van der Waals surface area contributed by atoms with Crippen LogP contribution >= 0.6 is 0 Å². The zero-order chi connectivity index (χ0) is 31.3. The first-order valence-electron chi connectivity index (χ1n) is 13.4. The number of aliphatic hydroxyl groups is 4. The molecule has 2 fully saturated rings. The van der Waals surface area contributed by atoms with Crippen molar-refractivity contribution in [2.45, 2.75) is 110 Å². The summed E-state index contributed by atoms with van der Waals surface area (Å²) < 4.78 is 34.7. The molecule has 236 valence electrons. The van der Waals surface area contributed by atoms with Crippen molar-refractivity contribution in [3.05, 3.63) is 12.7 Å². The Hall–Kier alpha value is -2.17.